The average Bonchev–Trinajstić information content (AvgIpc) is 2.86. The van der Waals surface area contributed by atoms with Crippen LogP contribution in [0.25, 0.3) is 0 Å². The van der Waals surface area contributed by atoms with Crippen molar-refractivity contribution in [1.82, 2.24) is 15.0 Å². The standard InChI is InChI=1S/C13H23N3O3/c1-10(2)13-14-12(19-15-13)8-16(3)5-4-11-9-17-6-7-18-11/h10-11H,4-9H2,1-3H3. The van der Waals surface area contributed by atoms with Crippen LogP contribution in [0.3, 0.4) is 0 Å². The number of hydrogen-bond acceptors (Lipinski definition) is 6. The maximum absolute atomic E-state index is 5.61. The summed E-state index contributed by atoms with van der Waals surface area (Å²) in [5.74, 6) is 1.75. The summed E-state index contributed by atoms with van der Waals surface area (Å²) < 4.78 is 16.2. The highest BCUT2D eigenvalue weighted by molar-refractivity contribution is 4.91. The van der Waals surface area contributed by atoms with Gasteiger partial charge in [0.15, 0.2) is 5.82 Å². The maximum Gasteiger partial charge on any atom is 0.240 e. The third kappa shape index (κ3) is 4.56. The summed E-state index contributed by atoms with van der Waals surface area (Å²) >= 11 is 0. The first kappa shape index (κ1) is 14.4. The SMILES string of the molecule is CC(C)c1noc(CN(C)CCC2COCCO2)n1. The molecule has 2 heterocycles. The number of rotatable bonds is 6. The van der Waals surface area contributed by atoms with Gasteiger partial charge in [-0.1, -0.05) is 19.0 Å². The summed E-state index contributed by atoms with van der Waals surface area (Å²) in [6.45, 7) is 7.83. The van der Waals surface area contributed by atoms with Crippen molar-refractivity contribution < 1.29 is 14.0 Å². The van der Waals surface area contributed by atoms with E-state index in [-0.39, 0.29) is 6.10 Å². The summed E-state index contributed by atoms with van der Waals surface area (Å²) in [6, 6.07) is 0. The van der Waals surface area contributed by atoms with Crippen molar-refractivity contribution in [2.75, 3.05) is 33.4 Å². The second kappa shape index (κ2) is 6.98. The fourth-order valence-corrected chi connectivity index (χ4v) is 1.94. The Kier molecular flexibility index (Phi) is 5.30. The lowest BCUT2D eigenvalue weighted by molar-refractivity contribution is -0.0924. The van der Waals surface area contributed by atoms with E-state index in [1.54, 1.807) is 0 Å². The molecule has 19 heavy (non-hydrogen) atoms. The maximum atomic E-state index is 5.61. The van der Waals surface area contributed by atoms with Crippen LogP contribution in [0, 0.1) is 0 Å². The summed E-state index contributed by atoms with van der Waals surface area (Å²) in [6.07, 6.45) is 1.17. The number of aromatic nitrogens is 2. The molecule has 0 radical (unpaired) electrons. The summed E-state index contributed by atoms with van der Waals surface area (Å²) in [4.78, 5) is 6.53. The Bertz CT molecular complexity index is 375. The second-order valence-corrected chi connectivity index (χ2v) is 5.30. The van der Waals surface area contributed by atoms with Crippen molar-refractivity contribution in [3.05, 3.63) is 11.7 Å². The predicted molar refractivity (Wildman–Crippen MR) is 69.9 cm³/mol. The smallest absolute Gasteiger partial charge is 0.240 e. The molecule has 1 atom stereocenters. The molecule has 1 aromatic rings. The van der Waals surface area contributed by atoms with Crippen LogP contribution in [0.4, 0.5) is 0 Å². The predicted octanol–water partition coefficient (Wildman–Crippen LogP) is 1.43. The highest BCUT2D eigenvalue weighted by atomic mass is 16.6. The van der Waals surface area contributed by atoms with Crippen molar-refractivity contribution in [3.8, 4) is 0 Å². The monoisotopic (exact) mass is 269 g/mol. The van der Waals surface area contributed by atoms with Gasteiger partial charge < -0.3 is 14.0 Å². The van der Waals surface area contributed by atoms with Gasteiger partial charge in [-0.05, 0) is 13.5 Å². The van der Waals surface area contributed by atoms with Crippen LogP contribution < -0.4 is 0 Å². The van der Waals surface area contributed by atoms with E-state index in [4.69, 9.17) is 14.0 Å². The van der Waals surface area contributed by atoms with E-state index in [9.17, 15) is 0 Å². The molecular weight excluding hydrogens is 246 g/mol. The zero-order chi connectivity index (χ0) is 13.7. The fourth-order valence-electron chi connectivity index (χ4n) is 1.94. The number of ether oxygens (including phenoxy) is 2. The Morgan fingerprint density at radius 1 is 1.37 bits per heavy atom. The average molecular weight is 269 g/mol. The Morgan fingerprint density at radius 2 is 2.21 bits per heavy atom. The molecule has 1 aromatic heterocycles. The first-order valence-corrected chi connectivity index (χ1v) is 6.85. The van der Waals surface area contributed by atoms with Crippen LogP contribution in [0.15, 0.2) is 4.52 Å². The highest BCUT2D eigenvalue weighted by Crippen LogP contribution is 2.11. The van der Waals surface area contributed by atoms with Gasteiger partial charge in [-0.3, -0.25) is 4.90 Å². The summed E-state index contributed by atoms with van der Waals surface area (Å²) in [7, 11) is 2.04. The Morgan fingerprint density at radius 3 is 2.84 bits per heavy atom. The van der Waals surface area contributed by atoms with Gasteiger partial charge in [0.1, 0.15) is 0 Å². The van der Waals surface area contributed by atoms with E-state index in [1.807, 2.05) is 7.05 Å². The molecule has 1 unspecified atom stereocenters. The van der Waals surface area contributed by atoms with Crippen LogP contribution in [0.1, 0.15) is 37.9 Å². The minimum Gasteiger partial charge on any atom is -0.376 e. The van der Waals surface area contributed by atoms with Crippen LogP contribution in [0.5, 0.6) is 0 Å². The van der Waals surface area contributed by atoms with Crippen molar-refractivity contribution in [3.63, 3.8) is 0 Å². The van der Waals surface area contributed by atoms with Crippen LogP contribution in [-0.2, 0) is 16.0 Å². The van der Waals surface area contributed by atoms with Crippen molar-refractivity contribution in [2.45, 2.75) is 38.8 Å². The zero-order valence-corrected chi connectivity index (χ0v) is 12.0. The minimum absolute atomic E-state index is 0.213. The van der Waals surface area contributed by atoms with E-state index < -0.39 is 0 Å². The van der Waals surface area contributed by atoms with Crippen LogP contribution in [-0.4, -0.2) is 54.6 Å². The molecule has 0 saturated carbocycles. The first-order chi connectivity index (χ1) is 9.15. The lowest BCUT2D eigenvalue weighted by atomic mass is 10.2. The number of nitrogens with zero attached hydrogens (tertiary/aromatic N) is 3. The van der Waals surface area contributed by atoms with E-state index in [0.29, 0.717) is 38.2 Å². The molecule has 2 rings (SSSR count). The van der Waals surface area contributed by atoms with Gasteiger partial charge in [0.25, 0.3) is 0 Å². The second-order valence-electron chi connectivity index (χ2n) is 5.30. The van der Waals surface area contributed by atoms with Gasteiger partial charge in [-0.2, -0.15) is 4.98 Å². The molecule has 0 aromatic carbocycles. The summed E-state index contributed by atoms with van der Waals surface area (Å²) in [5.41, 5.74) is 0. The topological polar surface area (TPSA) is 60.6 Å². The van der Waals surface area contributed by atoms with Gasteiger partial charge in [-0.25, -0.2) is 0 Å². The molecule has 1 fully saturated rings. The van der Waals surface area contributed by atoms with Gasteiger partial charge in [0.05, 0.1) is 32.5 Å². The number of hydrogen-bond donors (Lipinski definition) is 0. The van der Waals surface area contributed by atoms with Crippen molar-refractivity contribution in [2.24, 2.45) is 0 Å². The summed E-state index contributed by atoms with van der Waals surface area (Å²) in [5, 5.41) is 3.96. The van der Waals surface area contributed by atoms with E-state index in [2.05, 4.69) is 28.9 Å². The molecular formula is C13H23N3O3. The first-order valence-electron chi connectivity index (χ1n) is 6.85. The molecule has 1 aliphatic heterocycles. The minimum atomic E-state index is 0.213. The zero-order valence-electron chi connectivity index (χ0n) is 12.0. The normalized spacial score (nSPS) is 20.4. The van der Waals surface area contributed by atoms with Crippen molar-refractivity contribution >= 4 is 0 Å². The molecule has 0 amide bonds. The van der Waals surface area contributed by atoms with Gasteiger partial charge in [-0.15, -0.1) is 0 Å². The van der Waals surface area contributed by atoms with Crippen LogP contribution in [0.2, 0.25) is 0 Å². The molecule has 6 nitrogen and oxygen atoms in total. The van der Waals surface area contributed by atoms with Crippen molar-refractivity contribution in [1.29, 1.82) is 0 Å². The van der Waals surface area contributed by atoms with E-state index >= 15 is 0 Å². The van der Waals surface area contributed by atoms with E-state index in [0.717, 1.165) is 18.8 Å². The van der Waals surface area contributed by atoms with Gasteiger partial charge in [0, 0.05) is 12.5 Å². The molecule has 0 bridgehead atoms. The highest BCUT2D eigenvalue weighted by Gasteiger charge is 2.16. The molecule has 1 saturated heterocycles. The molecule has 0 spiro atoms. The molecule has 108 valence electrons. The Balaban J connectivity index is 1.72. The molecule has 1 aliphatic rings. The third-order valence-electron chi connectivity index (χ3n) is 3.12. The third-order valence-corrected chi connectivity index (χ3v) is 3.12. The largest absolute Gasteiger partial charge is 0.376 e. The van der Waals surface area contributed by atoms with Gasteiger partial charge in [0.2, 0.25) is 5.89 Å². The molecule has 6 heteroatoms. The lowest BCUT2D eigenvalue weighted by Crippen LogP contribution is -2.32. The van der Waals surface area contributed by atoms with Crippen LogP contribution >= 0.6 is 0 Å². The molecule has 0 N–H and O–H groups in total. The lowest BCUT2D eigenvalue weighted by Gasteiger charge is -2.24. The van der Waals surface area contributed by atoms with Gasteiger partial charge >= 0.3 is 0 Å². The van der Waals surface area contributed by atoms with E-state index in [1.165, 1.54) is 0 Å². The Labute approximate surface area is 114 Å². The molecule has 0 aliphatic carbocycles. The fraction of sp³-hybridized carbons (Fsp3) is 0.846. The Hall–Kier alpha value is -0.980. The quantitative estimate of drug-likeness (QED) is 0.778.